The molecule has 4 aromatic rings. The summed E-state index contributed by atoms with van der Waals surface area (Å²) in [6.45, 7) is 2.05. The number of pyridine rings is 1. The SMILES string of the molecule is CCc1ccc(NC(=O)c2c(N)c(C(=O)c3ccc([N+](=O)[O-])cc3)n3ccccc23)cc1. The zero-order valence-corrected chi connectivity index (χ0v) is 17.2. The smallest absolute Gasteiger partial charge is 0.269 e. The second kappa shape index (κ2) is 8.35. The summed E-state index contributed by atoms with van der Waals surface area (Å²) in [7, 11) is 0. The van der Waals surface area contributed by atoms with Gasteiger partial charge in [-0.05, 0) is 48.4 Å². The van der Waals surface area contributed by atoms with Gasteiger partial charge in [0.1, 0.15) is 5.69 Å². The van der Waals surface area contributed by atoms with Crippen LogP contribution in [0.3, 0.4) is 0 Å². The van der Waals surface area contributed by atoms with Gasteiger partial charge in [-0.25, -0.2) is 0 Å². The van der Waals surface area contributed by atoms with Gasteiger partial charge in [0.05, 0.1) is 21.7 Å². The van der Waals surface area contributed by atoms with Crippen LogP contribution in [0.2, 0.25) is 0 Å². The van der Waals surface area contributed by atoms with Gasteiger partial charge in [0.2, 0.25) is 5.78 Å². The lowest BCUT2D eigenvalue weighted by Crippen LogP contribution is -2.14. The molecule has 0 aliphatic rings. The number of ketones is 1. The normalized spacial score (nSPS) is 10.8. The number of non-ortho nitro benzene ring substituents is 1. The van der Waals surface area contributed by atoms with E-state index in [0.29, 0.717) is 11.2 Å². The van der Waals surface area contributed by atoms with E-state index in [1.165, 1.54) is 24.3 Å². The van der Waals surface area contributed by atoms with E-state index in [1.807, 2.05) is 31.2 Å². The number of benzene rings is 2. The topological polar surface area (TPSA) is 120 Å². The second-order valence-corrected chi connectivity index (χ2v) is 7.23. The summed E-state index contributed by atoms with van der Waals surface area (Å²) in [5.41, 5.74) is 9.04. The van der Waals surface area contributed by atoms with Crippen molar-refractivity contribution in [2.45, 2.75) is 13.3 Å². The van der Waals surface area contributed by atoms with Crippen molar-refractivity contribution in [1.29, 1.82) is 0 Å². The summed E-state index contributed by atoms with van der Waals surface area (Å²) in [5.74, 6) is -0.872. The number of nitro benzene ring substituents is 1. The van der Waals surface area contributed by atoms with Crippen LogP contribution < -0.4 is 11.1 Å². The number of aryl methyl sites for hydroxylation is 1. The molecule has 0 fully saturated rings. The van der Waals surface area contributed by atoms with Gasteiger partial charge in [0.25, 0.3) is 11.6 Å². The van der Waals surface area contributed by atoms with E-state index in [0.717, 1.165) is 12.0 Å². The first-order valence-corrected chi connectivity index (χ1v) is 9.98. The molecule has 2 aromatic carbocycles. The number of aromatic nitrogens is 1. The first-order chi connectivity index (χ1) is 15.4. The molecule has 4 rings (SSSR count). The number of nitrogens with zero attached hydrogens (tertiary/aromatic N) is 2. The van der Waals surface area contributed by atoms with Crippen LogP contribution in [0.5, 0.6) is 0 Å². The van der Waals surface area contributed by atoms with Crippen LogP contribution in [-0.2, 0) is 6.42 Å². The largest absolute Gasteiger partial charge is 0.396 e. The number of hydrogen-bond donors (Lipinski definition) is 2. The fourth-order valence-electron chi connectivity index (χ4n) is 3.59. The third kappa shape index (κ3) is 3.69. The molecule has 8 heteroatoms. The van der Waals surface area contributed by atoms with Gasteiger partial charge in [0.15, 0.2) is 0 Å². The molecule has 0 bridgehead atoms. The predicted molar refractivity (Wildman–Crippen MR) is 122 cm³/mol. The third-order valence-electron chi connectivity index (χ3n) is 5.28. The fraction of sp³-hybridized carbons (Fsp3) is 0.0833. The fourth-order valence-corrected chi connectivity index (χ4v) is 3.59. The van der Waals surface area contributed by atoms with Crippen LogP contribution in [-0.4, -0.2) is 21.0 Å². The molecular weight excluding hydrogens is 408 g/mol. The summed E-state index contributed by atoms with van der Waals surface area (Å²) < 4.78 is 1.56. The zero-order chi connectivity index (χ0) is 22.8. The van der Waals surface area contributed by atoms with Crippen LogP contribution in [0.4, 0.5) is 17.1 Å². The van der Waals surface area contributed by atoms with Gasteiger partial charge < -0.3 is 15.5 Å². The minimum Gasteiger partial charge on any atom is -0.396 e. The number of carbonyl (C=O) groups is 2. The van der Waals surface area contributed by atoms with Gasteiger partial charge in [-0.15, -0.1) is 0 Å². The average Bonchev–Trinajstić information content (AvgIpc) is 3.11. The molecule has 0 aliphatic carbocycles. The molecule has 32 heavy (non-hydrogen) atoms. The second-order valence-electron chi connectivity index (χ2n) is 7.23. The van der Waals surface area contributed by atoms with Crippen molar-refractivity contribution in [2.75, 3.05) is 11.1 Å². The Morgan fingerprint density at radius 1 is 1.03 bits per heavy atom. The molecule has 0 atom stereocenters. The quantitative estimate of drug-likeness (QED) is 0.267. The molecule has 2 heterocycles. The monoisotopic (exact) mass is 428 g/mol. The highest BCUT2D eigenvalue weighted by Gasteiger charge is 2.26. The Kier molecular flexibility index (Phi) is 5.43. The number of nitrogens with two attached hydrogens (primary N) is 1. The van der Waals surface area contributed by atoms with Crippen LogP contribution in [0.15, 0.2) is 72.9 Å². The van der Waals surface area contributed by atoms with Crippen molar-refractivity contribution in [2.24, 2.45) is 0 Å². The van der Waals surface area contributed by atoms with Gasteiger partial charge >= 0.3 is 0 Å². The van der Waals surface area contributed by atoms with Gasteiger partial charge in [0, 0.05) is 29.6 Å². The Labute approximate surface area is 183 Å². The summed E-state index contributed by atoms with van der Waals surface area (Å²) in [5, 5.41) is 13.7. The minimum absolute atomic E-state index is 0.0437. The molecular formula is C24H20N4O4. The highest BCUT2D eigenvalue weighted by molar-refractivity contribution is 6.20. The Morgan fingerprint density at radius 3 is 2.34 bits per heavy atom. The Bertz CT molecular complexity index is 1340. The van der Waals surface area contributed by atoms with E-state index >= 15 is 0 Å². The van der Waals surface area contributed by atoms with Crippen molar-refractivity contribution in [3.8, 4) is 0 Å². The number of rotatable bonds is 6. The Morgan fingerprint density at radius 2 is 1.72 bits per heavy atom. The number of fused-ring (bicyclic) bond motifs is 1. The van der Waals surface area contributed by atoms with E-state index < -0.39 is 16.6 Å². The number of nitrogens with one attached hydrogen (secondary N) is 1. The maximum absolute atomic E-state index is 13.2. The number of nitrogen functional groups attached to an aromatic ring is 1. The number of amides is 1. The van der Waals surface area contributed by atoms with E-state index in [4.69, 9.17) is 5.73 Å². The summed E-state index contributed by atoms with van der Waals surface area (Å²) >= 11 is 0. The number of nitro groups is 1. The van der Waals surface area contributed by atoms with Gasteiger partial charge in [-0.2, -0.15) is 0 Å². The van der Waals surface area contributed by atoms with E-state index in [-0.39, 0.29) is 28.2 Å². The van der Waals surface area contributed by atoms with Gasteiger partial charge in [-0.1, -0.05) is 25.1 Å². The molecule has 3 N–H and O–H groups in total. The Balaban J connectivity index is 1.75. The van der Waals surface area contributed by atoms with E-state index in [2.05, 4.69) is 5.32 Å². The van der Waals surface area contributed by atoms with Crippen LogP contribution in [0.1, 0.15) is 38.9 Å². The van der Waals surface area contributed by atoms with Crippen molar-refractivity contribution in [3.05, 3.63) is 105 Å². The molecule has 160 valence electrons. The average molecular weight is 428 g/mol. The summed E-state index contributed by atoms with van der Waals surface area (Å²) in [4.78, 5) is 36.7. The highest BCUT2D eigenvalue weighted by Crippen LogP contribution is 2.29. The lowest BCUT2D eigenvalue weighted by atomic mass is 10.1. The van der Waals surface area contributed by atoms with Crippen LogP contribution in [0, 0.1) is 10.1 Å². The molecule has 0 unspecified atom stereocenters. The van der Waals surface area contributed by atoms with Crippen molar-refractivity contribution < 1.29 is 14.5 Å². The van der Waals surface area contributed by atoms with E-state index in [9.17, 15) is 19.7 Å². The molecule has 8 nitrogen and oxygen atoms in total. The van der Waals surface area contributed by atoms with E-state index in [1.54, 1.807) is 28.8 Å². The third-order valence-corrected chi connectivity index (χ3v) is 5.28. The molecule has 0 aliphatic heterocycles. The Hall–Kier alpha value is -4.46. The molecule has 0 radical (unpaired) electrons. The first kappa shape index (κ1) is 20.8. The first-order valence-electron chi connectivity index (χ1n) is 9.98. The molecule has 0 spiro atoms. The minimum atomic E-state index is -0.537. The zero-order valence-electron chi connectivity index (χ0n) is 17.2. The molecule has 1 amide bonds. The number of anilines is 2. The van der Waals surface area contributed by atoms with Crippen LogP contribution in [0.25, 0.3) is 5.52 Å². The van der Waals surface area contributed by atoms with Crippen LogP contribution >= 0.6 is 0 Å². The molecule has 2 aromatic heterocycles. The number of carbonyl (C=O) groups excluding carboxylic acids is 2. The standard InChI is InChI=1S/C24H20N4O4/c1-2-15-6-10-17(11-7-15)26-24(30)20-19-5-3-4-14-27(19)22(21(20)25)23(29)16-8-12-18(13-9-16)28(31)32/h3-14H,2,25H2,1H3,(H,26,30). The predicted octanol–water partition coefficient (Wildman–Crippen LogP) is 4.48. The summed E-state index contributed by atoms with van der Waals surface area (Å²) in [6.07, 6.45) is 2.54. The number of hydrogen-bond acceptors (Lipinski definition) is 5. The summed E-state index contributed by atoms with van der Waals surface area (Å²) in [6, 6.07) is 17.9. The van der Waals surface area contributed by atoms with Crippen molar-refractivity contribution >= 4 is 34.3 Å². The highest BCUT2D eigenvalue weighted by atomic mass is 16.6. The maximum atomic E-state index is 13.2. The maximum Gasteiger partial charge on any atom is 0.269 e. The molecule has 0 saturated carbocycles. The molecule has 0 saturated heterocycles. The lowest BCUT2D eigenvalue weighted by molar-refractivity contribution is -0.384. The lowest BCUT2D eigenvalue weighted by Gasteiger charge is -2.06. The van der Waals surface area contributed by atoms with Crippen molar-refractivity contribution in [3.63, 3.8) is 0 Å². The van der Waals surface area contributed by atoms with Gasteiger partial charge in [-0.3, -0.25) is 19.7 Å². The van der Waals surface area contributed by atoms with Crippen molar-refractivity contribution in [1.82, 2.24) is 4.40 Å².